The van der Waals surface area contributed by atoms with Crippen molar-refractivity contribution in [3.8, 4) is 0 Å². The molecule has 0 spiro atoms. The number of hydrogen-bond donors (Lipinski definition) is 5. The van der Waals surface area contributed by atoms with Gasteiger partial charge in [-0.05, 0) is 62.4 Å². The second kappa shape index (κ2) is 11.8. The van der Waals surface area contributed by atoms with Gasteiger partial charge in [-0.25, -0.2) is 4.79 Å². The molecular formula is C25H38O11. The zero-order chi connectivity index (χ0) is 26.9. The maximum absolute atomic E-state index is 13.0. The molecular weight excluding hydrogens is 476 g/mol. The first kappa shape index (κ1) is 28.9. The molecule has 0 saturated carbocycles. The molecule has 9 atom stereocenters. The van der Waals surface area contributed by atoms with E-state index in [1.54, 1.807) is 0 Å². The van der Waals surface area contributed by atoms with E-state index in [1.807, 2.05) is 34.6 Å². The molecule has 0 aromatic heterocycles. The lowest BCUT2D eigenvalue weighted by atomic mass is 9.89. The molecule has 5 N–H and O–H groups in total. The monoisotopic (exact) mass is 514 g/mol. The lowest BCUT2D eigenvalue weighted by Gasteiger charge is -2.41. The van der Waals surface area contributed by atoms with E-state index >= 15 is 0 Å². The summed E-state index contributed by atoms with van der Waals surface area (Å²) in [4.78, 5) is 13.0. The lowest BCUT2D eigenvalue weighted by Crippen LogP contribution is -2.60. The van der Waals surface area contributed by atoms with Crippen LogP contribution in [0.25, 0.3) is 0 Å². The van der Waals surface area contributed by atoms with Gasteiger partial charge >= 0.3 is 5.97 Å². The first-order chi connectivity index (χ1) is 16.9. The number of esters is 1. The molecule has 1 aromatic rings. The Bertz CT molecular complexity index is 906. The van der Waals surface area contributed by atoms with Crippen LogP contribution in [0, 0.1) is 34.6 Å². The highest BCUT2D eigenvalue weighted by Gasteiger charge is 2.46. The second-order valence-corrected chi connectivity index (χ2v) is 9.60. The second-order valence-electron chi connectivity index (χ2n) is 9.60. The number of aliphatic hydroxyl groups is 5. The first-order valence-electron chi connectivity index (χ1n) is 12.0. The number of aliphatic hydroxyl groups excluding tert-OH is 5. The van der Waals surface area contributed by atoms with Crippen LogP contribution in [-0.4, -0.2) is 107 Å². The molecule has 36 heavy (non-hydrogen) atoms. The molecule has 11 nitrogen and oxygen atoms in total. The summed E-state index contributed by atoms with van der Waals surface area (Å²) in [5.74, 6) is -0.584. The van der Waals surface area contributed by atoms with E-state index in [-0.39, 0.29) is 19.6 Å². The van der Waals surface area contributed by atoms with Crippen molar-refractivity contribution >= 4 is 5.97 Å². The van der Waals surface area contributed by atoms with Crippen LogP contribution in [0.2, 0.25) is 0 Å². The summed E-state index contributed by atoms with van der Waals surface area (Å²) in [5.41, 5.74) is 5.13. The normalized spacial score (nSPS) is 35.0. The van der Waals surface area contributed by atoms with E-state index < -0.39 is 61.3 Å². The van der Waals surface area contributed by atoms with Crippen molar-refractivity contribution < 1.29 is 54.0 Å². The van der Waals surface area contributed by atoms with Gasteiger partial charge in [0.2, 0.25) is 0 Å². The molecule has 11 heteroatoms. The minimum Gasteiger partial charge on any atom is -0.459 e. The Balaban J connectivity index is 1.64. The molecule has 9 unspecified atom stereocenters. The number of hydrogen-bond acceptors (Lipinski definition) is 11. The van der Waals surface area contributed by atoms with Crippen LogP contribution in [0.4, 0.5) is 0 Å². The summed E-state index contributed by atoms with van der Waals surface area (Å²) in [7, 11) is 1.32. The van der Waals surface area contributed by atoms with Gasteiger partial charge in [-0.3, -0.25) is 0 Å². The molecule has 0 aliphatic carbocycles. The number of benzene rings is 1. The third-order valence-electron chi connectivity index (χ3n) is 7.43. The average Bonchev–Trinajstić information content (AvgIpc) is 2.85. The number of carbonyl (C=O) groups excluding carboxylic acids is 1. The summed E-state index contributed by atoms with van der Waals surface area (Å²) < 4.78 is 27.2. The Kier molecular flexibility index (Phi) is 9.47. The van der Waals surface area contributed by atoms with Gasteiger partial charge in [-0.15, -0.1) is 0 Å². The maximum atomic E-state index is 13.0. The fourth-order valence-corrected chi connectivity index (χ4v) is 4.65. The molecule has 2 fully saturated rings. The van der Waals surface area contributed by atoms with Gasteiger partial charge in [0.15, 0.2) is 12.6 Å². The van der Waals surface area contributed by atoms with E-state index in [1.165, 1.54) is 7.11 Å². The molecule has 3 rings (SSSR count). The van der Waals surface area contributed by atoms with Gasteiger partial charge in [0.25, 0.3) is 0 Å². The van der Waals surface area contributed by atoms with Crippen LogP contribution in [0.3, 0.4) is 0 Å². The van der Waals surface area contributed by atoms with Gasteiger partial charge in [-0.2, -0.15) is 0 Å². The Morgan fingerprint density at radius 3 is 1.94 bits per heavy atom. The van der Waals surface area contributed by atoms with Crippen molar-refractivity contribution in [2.75, 3.05) is 20.3 Å². The molecule has 2 saturated heterocycles. The van der Waals surface area contributed by atoms with E-state index in [4.69, 9.17) is 23.7 Å². The summed E-state index contributed by atoms with van der Waals surface area (Å²) in [6.45, 7) is 9.01. The molecule has 1 aromatic carbocycles. The SMILES string of the molecule is COC1OC(COC2OC(COC(=O)c3c(C)c(C)c(C)c(C)c3C)C(O)C(O)C2O)CC(O)C1O. The summed E-state index contributed by atoms with van der Waals surface area (Å²) >= 11 is 0. The molecule has 0 radical (unpaired) electrons. The quantitative estimate of drug-likeness (QED) is 0.303. The lowest BCUT2D eigenvalue weighted by molar-refractivity contribution is -0.316. The third-order valence-corrected chi connectivity index (χ3v) is 7.43. The molecule has 204 valence electrons. The van der Waals surface area contributed by atoms with Crippen molar-refractivity contribution in [3.63, 3.8) is 0 Å². The van der Waals surface area contributed by atoms with Gasteiger partial charge in [0, 0.05) is 13.5 Å². The number of carbonyl (C=O) groups is 1. The van der Waals surface area contributed by atoms with E-state index in [0.29, 0.717) is 5.56 Å². The Morgan fingerprint density at radius 1 is 0.778 bits per heavy atom. The van der Waals surface area contributed by atoms with Crippen molar-refractivity contribution in [2.24, 2.45) is 0 Å². The Labute approximate surface area is 210 Å². The fourth-order valence-electron chi connectivity index (χ4n) is 4.65. The molecule has 0 amide bonds. The van der Waals surface area contributed by atoms with Crippen molar-refractivity contribution in [2.45, 2.75) is 96.3 Å². The van der Waals surface area contributed by atoms with Crippen molar-refractivity contribution in [1.82, 2.24) is 0 Å². The van der Waals surface area contributed by atoms with Crippen LogP contribution in [0.5, 0.6) is 0 Å². The van der Waals surface area contributed by atoms with Crippen molar-refractivity contribution in [1.29, 1.82) is 0 Å². The van der Waals surface area contributed by atoms with Crippen LogP contribution < -0.4 is 0 Å². The minimum absolute atomic E-state index is 0.0458. The Morgan fingerprint density at radius 2 is 1.36 bits per heavy atom. The number of ether oxygens (including phenoxy) is 5. The van der Waals surface area contributed by atoms with E-state index in [9.17, 15) is 30.3 Å². The number of methoxy groups -OCH3 is 1. The van der Waals surface area contributed by atoms with Crippen LogP contribution in [0.1, 0.15) is 44.6 Å². The predicted octanol–water partition coefficient (Wildman–Crippen LogP) is -0.307. The molecule has 2 heterocycles. The Hall–Kier alpha value is -1.67. The zero-order valence-electron chi connectivity index (χ0n) is 21.5. The maximum Gasteiger partial charge on any atom is 0.338 e. The standard InChI is InChI=1S/C25H38O11/c1-10-11(2)13(4)18(14(5)12(10)3)23(31)33-9-17-20(28)21(29)22(30)25(36-17)34-8-15-7-16(26)19(27)24(32-6)35-15/h15-17,19-22,24-30H,7-9H2,1-6H3. The molecule has 0 bridgehead atoms. The highest BCUT2D eigenvalue weighted by atomic mass is 16.7. The highest BCUT2D eigenvalue weighted by molar-refractivity contribution is 5.93. The van der Waals surface area contributed by atoms with Gasteiger partial charge in [0.1, 0.15) is 37.1 Å². The third kappa shape index (κ3) is 5.74. The topological polar surface area (TPSA) is 164 Å². The van der Waals surface area contributed by atoms with Gasteiger partial charge in [-0.1, -0.05) is 0 Å². The molecule has 2 aliphatic rings. The van der Waals surface area contributed by atoms with Crippen LogP contribution in [-0.2, 0) is 23.7 Å². The van der Waals surface area contributed by atoms with Gasteiger partial charge in [0.05, 0.1) is 24.4 Å². The summed E-state index contributed by atoms with van der Waals surface area (Å²) in [6, 6.07) is 0. The smallest absolute Gasteiger partial charge is 0.338 e. The first-order valence-corrected chi connectivity index (χ1v) is 12.0. The van der Waals surface area contributed by atoms with Crippen LogP contribution in [0.15, 0.2) is 0 Å². The average molecular weight is 515 g/mol. The summed E-state index contributed by atoms with van der Waals surface area (Å²) in [5, 5.41) is 50.9. The zero-order valence-corrected chi connectivity index (χ0v) is 21.5. The fraction of sp³-hybridized carbons (Fsp3) is 0.720. The summed E-state index contributed by atoms with van der Waals surface area (Å²) in [6.07, 6.45) is -11.3. The van der Waals surface area contributed by atoms with Crippen LogP contribution >= 0.6 is 0 Å². The molecule has 2 aliphatic heterocycles. The predicted molar refractivity (Wildman–Crippen MR) is 125 cm³/mol. The minimum atomic E-state index is -1.62. The van der Waals surface area contributed by atoms with Crippen molar-refractivity contribution in [3.05, 3.63) is 33.4 Å². The van der Waals surface area contributed by atoms with E-state index in [2.05, 4.69) is 0 Å². The largest absolute Gasteiger partial charge is 0.459 e. The van der Waals surface area contributed by atoms with Gasteiger partial charge < -0.3 is 49.2 Å². The highest BCUT2D eigenvalue weighted by Crippen LogP contribution is 2.28. The van der Waals surface area contributed by atoms with E-state index in [0.717, 1.165) is 27.8 Å². The number of rotatable bonds is 7.